The van der Waals surface area contributed by atoms with Crippen LogP contribution in [0.1, 0.15) is 11.4 Å². The smallest absolute Gasteiger partial charge is 0.165 e. The number of aromatic hydroxyl groups is 1. The standard InChI is InChI=1S/C15H14FN3O/c1-9-18-13-6-5-11(7-14(13)19-9)17-8-10-3-2-4-12(16)15(10)20/h2-7,17,20H,8H2,1H3,(H,18,19). The van der Waals surface area contributed by atoms with Crippen LogP contribution in [0.4, 0.5) is 10.1 Å². The van der Waals surface area contributed by atoms with Crippen LogP contribution in [0.25, 0.3) is 11.0 Å². The molecule has 0 fully saturated rings. The molecule has 3 rings (SSSR count). The average Bonchev–Trinajstić information content (AvgIpc) is 2.79. The predicted octanol–water partition coefficient (Wildman–Crippen LogP) is 3.33. The van der Waals surface area contributed by atoms with Gasteiger partial charge in [-0.2, -0.15) is 0 Å². The summed E-state index contributed by atoms with van der Waals surface area (Å²) < 4.78 is 13.2. The van der Waals surface area contributed by atoms with Crippen molar-refractivity contribution in [3.63, 3.8) is 0 Å². The number of para-hydroxylation sites is 1. The van der Waals surface area contributed by atoms with Crippen LogP contribution in [0.3, 0.4) is 0 Å². The topological polar surface area (TPSA) is 60.9 Å². The Labute approximate surface area is 115 Å². The molecule has 3 aromatic rings. The molecule has 0 amide bonds. The van der Waals surface area contributed by atoms with Gasteiger partial charge in [-0.25, -0.2) is 9.37 Å². The van der Waals surface area contributed by atoms with Gasteiger partial charge in [0.15, 0.2) is 11.6 Å². The Morgan fingerprint density at radius 3 is 3.00 bits per heavy atom. The minimum atomic E-state index is -0.607. The number of nitrogens with zero attached hydrogens (tertiary/aromatic N) is 1. The van der Waals surface area contributed by atoms with Crippen molar-refractivity contribution in [2.75, 3.05) is 5.32 Å². The van der Waals surface area contributed by atoms with Gasteiger partial charge in [0.1, 0.15) is 5.82 Å². The number of hydrogen-bond acceptors (Lipinski definition) is 3. The predicted molar refractivity (Wildman–Crippen MR) is 76.2 cm³/mol. The fourth-order valence-electron chi connectivity index (χ4n) is 2.15. The summed E-state index contributed by atoms with van der Waals surface area (Å²) >= 11 is 0. The van der Waals surface area contributed by atoms with Crippen LogP contribution in [0.2, 0.25) is 0 Å². The SMILES string of the molecule is Cc1nc2ccc(NCc3cccc(F)c3O)cc2[nH]1. The van der Waals surface area contributed by atoms with Gasteiger partial charge in [-0.05, 0) is 31.2 Å². The van der Waals surface area contributed by atoms with Gasteiger partial charge in [-0.15, -0.1) is 0 Å². The number of phenolic OH excluding ortho intramolecular Hbond substituents is 1. The number of benzene rings is 2. The molecule has 0 aliphatic carbocycles. The highest BCUT2D eigenvalue weighted by atomic mass is 19.1. The molecule has 0 spiro atoms. The monoisotopic (exact) mass is 271 g/mol. The molecule has 0 saturated heterocycles. The van der Waals surface area contributed by atoms with Gasteiger partial charge in [0, 0.05) is 17.8 Å². The molecule has 0 atom stereocenters. The Hall–Kier alpha value is -2.56. The lowest BCUT2D eigenvalue weighted by Gasteiger charge is -2.08. The van der Waals surface area contributed by atoms with Crippen LogP contribution < -0.4 is 5.32 Å². The maximum absolute atomic E-state index is 13.2. The molecule has 0 aliphatic rings. The number of hydrogen-bond donors (Lipinski definition) is 3. The van der Waals surface area contributed by atoms with E-state index in [1.165, 1.54) is 6.07 Å². The molecule has 2 aromatic carbocycles. The second-order valence-corrected chi connectivity index (χ2v) is 4.66. The number of halogens is 1. The summed E-state index contributed by atoms with van der Waals surface area (Å²) in [5.41, 5.74) is 3.24. The van der Waals surface area contributed by atoms with E-state index in [4.69, 9.17) is 0 Å². The fourth-order valence-corrected chi connectivity index (χ4v) is 2.15. The molecule has 3 N–H and O–H groups in total. The number of imidazole rings is 1. The number of nitrogens with one attached hydrogen (secondary N) is 2. The number of phenols is 1. The normalized spacial score (nSPS) is 10.9. The van der Waals surface area contributed by atoms with Gasteiger partial charge in [0.2, 0.25) is 0 Å². The Morgan fingerprint density at radius 1 is 1.30 bits per heavy atom. The molecular weight excluding hydrogens is 257 g/mol. The van der Waals surface area contributed by atoms with Crippen molar-refractivity contribution < 1.29 is 9.50 Å². The molecule has 0 unspecified atom stereocenters. The van der Waals surface area contributed by atoms with E-state index in [0.717, 1.165) is 22.5 Å². The van der Waals surface area contributed by atoms with Gasteiger partial charge in [-0.1, -0.05) is 12.1 Å². The average molecular weight is 271 g/mol. The van der Waals surface area contributed by atoms with Gasteiger partial charge < -0.3 is 15.4 Å². The Balaban J connectivity index is 1.81. The van der Waals surface area contributed by atoms with Crippen LogP contribution in [-0.2, 0) is 6.54 Å². The number of fused-ring (bicyclic) bond motifs is 1. The van der Waals surface area contributed by atoms with Crippen molar-refractivity contribution in [3.05, 3.63) is 53.6 Å². The number of aromatic nitrogens is 2. The molecule has 1 heterocycles. The van der Waals surface area contributed by atoms with Gasteiger partial charge in [0.25, 0.3) is 0 Å². The van der Waals surface area contributed by atoms with E-state index in [0.29, 0.717) is 12.1 Å². The summed E-state index contributed by atoms with van der Waals surface area (Å²) in [7, 11) is 0. The van der Waals surface area contributed by atoms with Crippen LogP contribution in [-0.4, -0.2) is 15.1 Å². The quantitative estimate of drug-likeness (QED) is 0.684. The Kier molecular flexibility index (Phi) is 3.02. The lowest BCUT2D eigenvalue weighted by molar-refractivity contribution is 0.427. The third-order valence-electron chi connectivity index (χ3n) is 3.15. The summed E-state index contributed by atoms with van der Waals surface area (Å²) in [5.74, 6) is -0.0534. The van der Waals surface area contributed by atoms with Crippen molar-refractivity contribution in [1.29, 1.82) is 0 Å². The summed E-state index contributed by atoms with van der Waals surface area (Å²) in [5, 5.41) is 12.8. The molecule has 4 nitrogen and oxygen atoms in total. The minimum Gasteiger partial charge on any atom is -0.505 e. The van der Waals surface area contributed by atoms with Crippen molar-refractivity contribution in [2.24, 2.45) is 0 Å². The van der Waals surface area contributed by atoms with Crippen LogP contribution in [0.15, 0.2) is 36.4 Å². The van der Waals surface area contributed by atoms with Crippen molar-refractivity contribution in [2.45, 2.75) is 13.5 Å². The molecule has 1 aromatic heterocycles. The van der Waals surface area contributed by atoms with E-state index in [2.05, 4.69) is 15.3 Å². The number of aromatic amines is 1. The maximum atomic E-state index is 13.2. The molecule has 0 bridgehead atoms. The molecular formula is C15H14FN3O. The maximum Gasteiger partial charge on any atom is 0.165 e. The van der Waals surface area contributed by atoms with Crippen molar-refractivity contribution in [1.82, 2.24) is 9.97 Å². The summed E-state index contributed by atoms with van der Waals surface area (Å²) in [6, 6.07) is 10.2. The second-order valence-electron chi connectivity index (χ2n) is 4.66. The molecule has 0 saturated carbocycles. The van der Waals surface area contributed by atoms with E-state index in [9.17, 15) is 9.50 Å². The summed E-state index contributed by atoms with van der Waals surface area (Å²) in [4.78, 5) is 7.48. The van der Waals surface area contributed by atoms with Gasteiger partial charge in [0.05, 0.1) is 11.0 Å². The zero-order chi connectivity index (χ0) is 14.1. The van der Waals surface area contributed by atoms with E-state index in [1.54, 1.807) is 12.1 Å². The van der Waals surface area contributed by atoms with Crippen molar-refractivity contribution in [3.8, 4) is 5.75 Å². The first-order valence-corrected chi connectivity index (χ1v) is 6.30. The van der Waals surface area contributed by atoms with Gasteiger partial charge >= 0.3 is 0 Å². The molecule has 0 aliphatic heterocycles. The van der Waals surface area contributed by atoms with E-state index < -0.39 is 5.82 Å². The number of rotatable bonds is 3. The first-order chi connectivity index (χ1) is 9.63. The number of anilines is 1. The Bertz CT molecular complexity index is 767. The van der Waals surface area contributed by atoms with E-state index in [1.807, 2.05) is 25.1 Å². The van der Waals surface area contributed by atoms with Crippen molar-refractivity contribution >= 4 is 16.7 Å². The van der Waals surface area contributed by atoms with Crippen LogP contribution in [0, 0.1) is 12.7 Å². The third-order valence-corrected chi connectivity index (χ3v) is 3.15. The summed E-state index contributed by atoms with van der Waals surface area (Å²) in [6.07, 6.45) is 0. The van der Waals surface area contributed by atoms with Gasteiger partial charge in [-0.3, -0.25) is 0 Å². The first-order valence-electron chi connectivity index (χ1n) is 6.30. The second kappa shape index (κ2) is 4.85. The lowest BCUT2D eigenvalue weighted by atomic mass is 10.2. The lowest BCUT2D eigenvalue weighted by Crippen LogP contribution is -2.00. The largest absolute Gasteiger partial charge is 0.505 e. The highest BCUT2D eigenvalue weighted by molar-refractivity contribution is 5.79. The molecule has 5 heteroatoms. The van der Waals surface area contributed by atoms with E-state index >= 15 is 0 Å². The molecule has 102 valence electrons. The minimum absolute atomic E-state index is 0.307. The third kappa shape index (κ3) is 2.30. The highest BCUT2D eigenvalue weighted by Gasteiger charge is 2.06. The zero-order valence-corrected chi connectivity index (χ0v) is 10.9. The molecule has 0 radical (unpaired) electrons. The van der Waals surface area contributed by atoms with Crippen LogP contribution in [0.5, 0.6) is 5.75 Å². The highest BCUT2D eigenvalue weighted by Crippen LogP contribution is 2.23. The number of H-pyrrole nitrogens is 1. The zero-order valence-electron chi connectivity index (χ0n) is 10.9. The first kappa shape index (κ1) is 12.5. The Morgan fingerprint density at radius 2 is 2.15 bits per heavy atom. The van der Waals surface area contributed by atoms with Crippen LogP contribution >= 0.6 is 0 Å². The fraction of sp³-hybridized carbons (Fsp3) is 0.133. The number of aryl methyl sites for hydroxylation is 1. The van der Waals surface area contributed by atoms with E-state index in [-0.39, 0.29) is 5.75 Å². The summed E-state index contributed by atoms with van der Waals surface area (Å²) in [6.45, 7) is 2.25. The molecule has 20 heavy (non-hydrogen) atoms.